The number of nitrogens with zero attached hydrogens (tertiary/aromatic N) is 4. The maximum Gasteiger partial charge on any atom is 0.242 e. The van der Waals surface area contributed by atoms with E-state index in [4.69, 9.17) is 26.2 Å². The lowest BCUT2D eigenvalue weighted by atomic mass is 9.98. The van der Waals surface area contributed by atoms with Crippen LogP contribution in [0.3, 0.4) is 0 Å². The maximum absolute atomic E-state index is 14.1. The molecule has 1 aromatic heterocycles. The molecular weight excluding hydrogens is 608 g/mol. The number of ether oxygens (including phenoxy) is 2. The van der Waals surface area contributed by atoms with Crippen LogP contribution in [0.2, 0.25) is 5.02 Å². The molecule has 234 valence electrons. The molecule has 10 heteroatoms. The second kappa shape index (κ2) is 13.2. The first-order valence-electron chi connectivity index (χ1n) is 15.1. The number of aromatic nitrogens is 2. The monoisotopic (exact) mass is 644 g/mol. The molecule has 2 amide bonds. The predicted molar refractivity (Wildman–Crippen MR) is 180 cm³/mol. The van der Waals surface area contributed by atoms with Gasteiger partial charge in [-0.15, -0.1) is 11.8 Å². The summed E-state index contributed by atoms with van der Waals surface area (Å²) in [5, 5.41) is 5.44. The largest absolute Gasteiger partial charge is 0.497 e. The van der Waals surface area contributed by atoms with Crippen LogP contribution in [0.25, 0.3) is 16.9 Å². The van der Waals surface area contributed by atoms with Gasteiger partial charge in [-0.1, -0.05) is 48.4 Å². The Balaban J connectivity index is 1.60. The Morgan fingerprint density at radius 2 is 1.71 bits per heavy atom. The highest BCUT2D eigenvalue weighted by Crippen LogP contribution is 2.51. The fourth-order valence-corrected chi connectivity index (χ4v) is 7.33. The van der Waals surface area contributed by atoms with Gasteiger partial charge >= 0.3 is 0 Å². The van der Waals surface area contributed by atoms with Gasteiger partial charge in [-0.2, -0.15) is 5.10 Å². The Kier molecular flexibility index (Phi) is 9.10. The lowest BCUT2D eigenvalue weighted by Crippen LogP contribution is -2.46. The van der Waals surface area contributed by atoms with Gasteiger partial charge in [0.1, 0.15) is 23.9 Å². The first kappa shape index (κ1) is 31.0. The van der Waals surface area contributed by atoms with E-state index in [1.165, 1.54) is 11.8 Å². The molecule has 2 aliphatic heterocycles. The highest BCUT2D eigenvalue weighted by molar-refractivity contribution is 8.00. The first-order chi connectivity index (χ1) is 21.8. The standard InChI is InChI=1S/C35H37ClN4O4S/c1-22-5-11-26(12-6-22)40-35-32(33(37-40)24-7-9-25(36)10-8-24)34(28-19-27(43-3)13-14-29(28)44-4)45-21-31(42)39(35)20-30(41)38-17-15-23(2)16-18-38/h5-14,19,23,34H,15-18,20-21H2,1-4H3. The number of carbonyl (C=O) groups is 2. The molecule has 8 nitrogen and oxygen atoms in total. The van der Waals surface area contributed by atoms with Crippen molar-refractivity contribution in [1.82, 2.24) is 14.7 Å². The summed E-state index contributed by atoms with van der Waals surface area (Å²) in [7, 11) is 3.27. The van der Waals surface area contributed by atoms with Gasteiger partial charge in [-0.05, 0) is 68.1 Å². The number of fused-ring (bicyclic) bond motifs is 1. The van der Waals surface area contributed by atoms with E-state index in [0.717, 1.165) is 40.8 Å². The average molecular weight is 645 g/mol. The summed E-state index contributed by atoms with van der Waals surface area (Å²) in [4.78, 5) is 31.5. The zero-order chi connectivity index (χ0) is 31.7. The molecule has 6 rings (SSSR count). The van der Waals surface area contributed by atoms with E-state index in [0.29, 0.717) is 47.0 Å². The normalized spacial score (nSPS) is 17.2. The number of aryl methyl sites for hydroxylation is 1. The average Bonchev–Trinajstić information content (AvgIpc) is 3.37. The second-order valence-corrected chi connectivity index (χ2v) is 13.2. The van der Waals surface area contributed by atoms with Crippen LogP contribution in [0, 0.1) is 12.8 Å². The number of likely N-dealkylation sites (tertiary alicyclic amines) is 1. The minimum absolute atomic E-state index is 0.0618. The fraction of sp³-hybridized carbons (Fsp3) is 0.343. The van der Waals surface area contributed by atoms with Gasteiger partial charge in [0.15, 0.2) is 0 Å². The number of methoxy groups -OCH3 is 2. The molecule has 1 saturated heterocycles. The van der Waals surface area contributed by atoms with Gasteiger partial charge < -0.3 is 14.4 Å². The van der Waals surface area contributed by atoms with Gasteiger partial charge in [0.25, 0.3) is 0 Å². The minimum atomic E-state index is -0.366. The molecule has 3 aromatic carbocycles. The predicted octanol–water partition coefficient (Wildman–Crippen LogP) is 6.95. The van der Waals surface area contributed by atoms with Crippen LogP contribution >= 0.6 is 23.4 Å². The molecule has 3 heterocycles. The van der Waals surface area contributed by atoms with Crippen LogP contribution < -0.4 is 14.4 Å². The Morgan fingerprint density at radius 1 is 1.00 bits per heavy atom. The van der Waals surface area contributed by atoms with Crippen molar-refractivity contribution >= 4 is 41.0 Å². The van der Waals surface area contributed by atoms with E-state index in [1.807, 2.05) is 83.2 Å². The van der Waals surface area contributed by atoms with E-state index < -0.39 is 0 Å². The summed E-state index contributed by atoms with van der Waals surface area (Å²) in [5.74, 6) is 2.46. The molecule has 1 fully saturated rings. The summed E-state index contributed by atoms with van der Waals surface area (Å²) in [6, 6.07) is 21.3. The van der Waals surface area contributed by atoms with Gasteiger partial charge in [-0.3, -0.25) is 14.5 Å². The Hall–Kier alpha value is -3.95. The fourth-order valence-electron chi connectivity index (χ4n) is 5.99. The van der Waals surface area contributed by atoms with Crippen molar-refractivity contribution in [3.63, 3.8) is 0 Å². The van der Waals surface area contributed by atoms with E-state index in [-0.39, 0.29) is 29.4 Å². The third kappa shape index (κ3) is 6.29. The van der Waals surface area contributed by atoms with Crippen LogP contribution in [0.4, 0.5) is 5.82 Å². The Labute approximate surface area is 273 Å². The summed E-state index contributed by atoms with van der Waals surface area (Å²) in [6.07, 6.45) is 1.92. The molecule has 45 heavy (non-hydrogen) atoms. The number of halogens is 1. The number of amides is 2. The maximum atomic E-state index is 14.1. The van der Waals surface area contributed by atoms with Gasteiger partial charge in [0, 0.05) is 34.8 Å². The summed E-state index contributed by atoms with van der Waals surface area (Å²) < 4.78 is 13.3. The van der Waals surface area contributed by atoms with Crippen molar-refractivity contribution in [3.8, 4) is 28.4 Å². The van der Waals surface area contributed by atoms with Crippen LogP contribution in [-0.4, -0.2) is 66.1 Å². The summed E-state index contributed by atoms with van der Waals surface area (Å²) in [6.45, 7) is 5.57. The highest BCUT2D eigenvalue weighted by Gasteiger charge is 2.39. The van der Waals surface area contributed by atoms with Gasteiger partial charge in [0.2, 0.25) is 11.8 Å². The van der Waals surface area contributed by atoms with E-state index in [1.54, 1.807) is 19.1 Å². The van der Waals surface area contributed by atoms with Crippen molar-refractivity contribution in [2.75, 3.05) is 44.5 Å². The van der Waals surface area contributed by atoms with Gasteiger partial charge in [-0.25, -0.2) is 4.68 Å². The summed E-state index contributed by atoms with van der Waals surface area (Å²) in [5.41, 5.74) is 5.11. The number of rotatable bonds is 7. The zero-order valence-electron chi connectivity index (χ0n) is 26.0. The quantitative estimate of drug-likeness (QED) is 0.217. The Bertz CT molecular complexity index is 1700. The number of anilines is 1. The van der Waals surface area contributed by atoms with Crippen molar-refractivity contribution in [2.24, 2.45) is 5.92 Å². The molecule has 0 spiro atoms. The first-order valence-corrected chi connectivity index (χ1v) is 16.6. The number of piperidine rings is 1. The lowest BCUT2D eigenvalue weighted by molar-refractivity contribution is -0.132. The smallest absolute Gasteiger partial charge is 0.242 e. The van der Waals surface area contributed by atoms with Crippen molar-refractivity contribution < 1.29 is 19.1 Å². The molecule has 1 unspecified atom stereocenters. The zero-order valence-corrected chi connectivity index (χ0v) is 27.5. The van der Waals surface area contributed by atoms with Crippen LogP contribution in [0.5, 0.6) is 11.5 Å². The third-order valence-corrected chi connectivity index (χ3v) is 10.1. The van der Waals surface area contributed by atoms with Crippen LogP contribution in [0.1, 0.15) is 41.7 Å². The minimum Gasteiger partial charge on any atom is -0.497 e. The SMILES string of the molecule is COc1ccc(OC)c(C2SCC(=O)N(CC(=O)N3CCC(C)CC3)c3c2c(-c2ccc(Cl)cc2)nn3-c2ccc(C)cc2)c1. The molecule has 2 aliphatic rings. The molecular formula is C35H37ClN4O4S. The molecule has 0 N–H and O–H groups in total. The molecule has 0 radical (unpaired) electrons. The van der Waals surface area contributed by atoms with E-state index in [9.17, 15) is 9.59 Å². The Morgan fingerprint density at radius 3 is 2.38 bits per heavy atom. The molecule has 0 bridgehead atoms. The number of carbonyl (C=O) groups excluding carboxylic acids is 2. The number of hydrogen-bond acceptors (Lipinski definition) is 6. The van der Waals surface area contributed by atoms with E-state index in [2.05, 4.69) is 6.92 Å². The number of hydrogen-bond donors (Lipinski definition) is 0. The highest BCUT2D eigenvalue weighted by atomic mass is 35.5. The topological polar surface area (TPSA) is 76.9 Å². The van der Waals surface area contributed by atoms with Crippen LogP contribution in [-0.2, 0) is 9.59 Å². The van der Waals surface area contributed by atoms with Gasteiger partial charge in [0.05, 0.1) is 36.6 Å². The number of thioether (sulfide) groups is 1. The number of benzene rings is 3. The third-order valence-electron chi connectivity index (χ3n) is 8.63. The molecule has 4 aromatic rings. The molecule has 1 atom stereocenters. The summed E-state index contributed by atoms with van der Waals surface area (Å²) >= 11 is 7.80. The lowest BCUT2D eigenvalue weighted by Gasteiger charge is -2.32. The molecule has 0 saturated carbocycles. The second-order valence-electron chi connectivity index (χ2n) is 11.7. The van der Waals surface area contributed by atoms with E-state index >= 15 is 0 Å². The van der Waals surface area contributed by atoms with Crippen molar-refractivity contribution in [1.29, 1.82) is 0 Å². The van der Waals surface area contributed by atoms with Crippen molar-refractivity contribution in [2.45, 2.75) is 31.9 Å². The molecule has 0 aliphatic carbocycles. The van der Waals surface area contributed by atoms with Crippen LogP contribution in [0.15, 0.2) is 66.7 Å². The van der Waals surface area contributed by atoms with Crippen molar-refractivity contribution in [3.05, 3.63) is 88.4 Å².